The summed E-state index contributed by atoms with van der Waals surface area (Å²) >= 11 is 41.1. The summed E-state index contributed by atoms with van der Waals surface area (Å²) in [5.74, 6) is -3.67. The van der Waals surface area contributed by atoms with Crippen molar-refractivity contribution < 1.29 is 80.8 Å². The number of thiocarbonyl (C=S) groups is 8. The fourth-order valence-electron chi connectivity index (χ4n) is 4.85. The van der Waals surface area contributed by atoms with Crippen molar-refractivity contribution in [2.75, 3.05) is 136 Å². The van der Waals surface area contributed by atoms with E-state index in [1.54, 1.807) is 0 Å². The number of nitrogens with one attached hydrogen (secondary N) is 8. The van der Waals surface area contributed by atoms with E-state index in [-0.39, 0.29) is 94.3 Å². The van der Waals surface area contributed by atoms with Gasteiger partial charge in [-0.2, -0.15) is 0 Å². The van der Waals surface area contributed by atoms with Gasteiger partial charge in [0.05, 0.1) is 13.2 Å². The van der Waals surface area contributed by atoms with Gasteiger partial charge in [-0.25, -0.2) is 0 Å². The molecule has 0 aromatic rings. The van der Waals surface area contributed by atoms with Crippen LogP contribution in [0.4, 0.5) is 0 Å². The van der Waals surface area contributed by atoms with E-state index in [0.717, 1.165) is 0 Å². The van der Waals surface area contributed by atoms with Gasteiger partial charge in [-0.05, 0) is 125 Å². The minimum absolute atomic E-state index is 0.0316. The standard InChI is InChI=1S/C42H70N8O17S8/c1-39(17-58-31(68)43-5,18-59-32(69)44-6)27(51)56-15-25(66-29(53)41(3,21-62-35(72)47-9)22-63-36(73)48-10)13-55-14-26(67-30(54)42(4,23-64-37(74)49-11)24-65-38(75)50-12)16-57-28(52)40(2,19-60-33(70)45-7)20-61-34(71)46-8/h25-26H,13-24H2,1-12H3,(H,43,68)(H,44,69)(H,45,70)(H,46,71)(H,47,72)(H,48,73)(H,49,74)(H,50,75). The molecule has 0 rings (SSSR count). The van der Waals surface area contributed by atoms with E-state index in [1.165, 1.54) is 84.1 Å². The molecule has 0 aromatic heterocycles. The lowest BCUT2D eigenvalue weighted by Crippen LogP contribution is -2.47. The van der Waals surface area contributed by atoms with Crippen LogP contribution in [-0.2, 0) is 80.8 Å². The Balaban J connectivity index is 7.39. The molecule has 0 bridgehead atoms. The highest BCUT2D eigenvalue weighted by atomic mass is 32.1. The van der Waals surface area contributed by atoms with Gasteiger partial charge in [-0.15, -0.1) is 0 Å². The van der Waals surface area contributed by atoms with Gasteiger partial charge < -0.3 is 104 Å². The van der Waals surface area contributed by atoms with Crippen LogP contribution in [0.3, 0.4) is 0 Å². The third-order valence-corrected chi connectivity index (χ3v) is 12.3. The lowest BCUT2D eigenvalue weighted by molar-refractivity contribution is -0.184. The van der Waals surface area contributed by atoms with Crippen LogP contribution >= 0.6 is 97.7 Å². The van der Waals surface area contributed by atoms with Gasteiger partial charge in [0.25, 0.3) is 41.4 Å². The van der Waals surface area contributed by atoms with Crippen LogP contribution < -0.4 is 42.5 Å². The highest BCUT2D eigenvalue weighted by Gasteiger charge is 2.44. The highest BCUT2D eigenvalue weighted by Crippen LogP contribution is 2.26. The Morgan fingerprint density at radius 2 is 0.480 bits per heavy atom. The van der Waals surface area contributed by atoms with Gasteiger partial charge >= 0.3 is 23.9 Å². The predicted octanol–water partition coefficient (Wildman–Crippen LogP) is 0.105. The summed E-state index contributed by atoms with van der Waals surface area (Å²) in [7, 11) is 12.2. The van der Waals surface area contributed by atoms with Crippen molar-refractivity contribution in [3.8, 4) is 0 Å². The zero-order valence-electron chi connectivity index (χ0n) is 43.8. The molecule has 0 amide bonds. The lowest BCUT2D eigenvalue weighted by atomic mass is 9.93. The van der Waals surface area contributed by atoms with Gasteiger partial charge in [-0.1, -0.05) is 0 Å². The van der Waals surface area contributed by atoms with Crippen LogP contribution in [0.1, 0.15) is 27.7 Å². The molecule has 75 heavy (non-hydrogen) atoms. The third-order valence-electron chi connectivity index (χ3n) is 9.73. The number of ether oxygens (including phenoxy) is 13. The summed E-state index contributed by atoms with van der Waals surface area (Å²) in [6, 6.07) is 0. The number of carbonyl (C=O) groups is 4. The van der Waals surface area contributed by atoms with Gasteiger partial charge in [0, 0.05) is 56.4 Å². The smallest absolute Gasteiger partial charge is 0.319 e. The fraction of sp³-hybridized carbons (Fsp3) is 0.714. The first-order chi connectivity index (χ1) is 35.2. The number of esters is 4. The maximum absolute atomic E-state index is 14.2. The Bertz CT molecular complexity index is 1760. The van der Waals surface area contributed by atoms with Gasteiger partial charge in [0.1, 0.15) is 87.7 Å². The molecule has 428 valence electrons. The maximum Gasteiger partial charge on any atom is 0.319 e. The molecule has 0 saturated heterocycles. The Hall–Kier alpha value is -4.64. The summed E-state index contributed by atoms with van der Waals surface area (Å²) < 4.78 is 74.2. The molecule has 0 fully saturated rings. The fourth-order valence-corrected chi connectivity index (χ4v) is 5.32. The summed E-state index contributed by atoms with van der Waals surface area (Å²) in [4.78, 5) is 56.4. The Morgan fingerprint density at radius 3 is 0.653 bits per heavy atom. The van der Waals surface area contributed by atoms with Crippen LogP contribution in [0.15, 0.2) is 0 Å². The van der Waals surface area contributed by atoms with Crippen LogP contribution in [-0.4, -0.2) is 213 Å². The molecular formula is C42H70N8O17S8. The molecular weight excluding hydrogens is 1150 g/mol. The normalized spacial score (nSPS) is 11.9. The van der Waals surface area contributed by atoms with E-state index in [2.05, 4.69) is 42.5 Å². The molecule has 0 aromatic carbocycles. The van der Waals surface area contributed by atoms with Crippen LogP contribution in [0.5, 0.6) is 0 Å². The molecule has 0 radical (unpaired) electrons. The molecule has 0 spiro atoms. The first-order valence-electron chi connectivity index (χ1n) is 22.3. The molecule has 33 heteroatoms. The number of carbonyl (C=O) groups excluding carboxylic acids is 4. The highest BCUT2D eigenvalue weighted by molar-refractivity contribution is 7.81. The zero-order chi connectivity index (χ0) is 57.4. The quantitative estimate of drug-likeness (QED) is 0.0269. The van der Waals surface area contributed by atoms with E-state index in [4.69, 9.17) is 159 Å². The van der Waals surface area contributed by atoms with Crippen molar-refractivity contribution in [2.45, 2.75) is 39.9 Å². The molecule has 25 nitrogen and oxygen atoms in total. The minimum atomic E-state index is -1.62. The molecule has 8 N–H and O–H groups in total. The lowest BCUT2D eigenvalue weighted by Gasteiger charge is -2.31. The van der Waals surface area contributed by atoms with E-state index in [0.29, 0.717) is 0 Å². The van der Waals surface area contributed by atoms with Crippen molar-refractivity contribution in [1.29, 1.82) is 0 Å². The average Bonchev–Trinajstić information content (AvgIpc) is 3.41. The Labute approximate surface area is 480 Å². The summed E-state index contributed by atoms with van der Waals surface area (Å²) in [6.45, 7) is 0.572. The van der Waals surface area contributed by atoms with Gasteiger partial charge in [0.15, 0.2) is 12.2 Å². The monoisotopic (exact) mass is 1210 g/mol. The molecule has 2 atom stereocenters. The van der Waals surface area contributed by atoms with Crippen molar-refractivity contribution in [2.24, 2.45) is 21.7 Å². The number of hydrogen-bond acceptors (Lipinski definition) is 25. The maximum atomic E-state index is 14.2. The van der Waals surface area contributed by atoms with Gasteiger partial charge in [0.2, 0.25) is 0 Å². The topological polar surface area (TPSA) is 285 Å². The second-order valence-corrected chi connectivity index (χ2v) is 19.6. The average molecular weight is 1220 g/mol. The van der Waals surface area contributed by atoms with E-state index in [9.17, 15) is 19.2 Å². The SMILES string of the molecule is CNC(=S)OCC(C)(COC(=S)NC)C(=O)OCC(COCC(COC(=O)C(C)(COC(=S)NC)COC(=S)NC)OC(=O)C(C)(COC(=S)NC)COC(=S)NC)OC(=O)C(C)(COC(=S)NC)COC(=S)NC. The first kappa shape index (κ1) is 70.4. The number of hydrogen-bond donors (Lipinski definition) is 8. The van der Waals surface area contributed by atoms with Crippen molar-refractivity contribution in [3.05, 3.63) is 0 Å². The summed E-state index contributed by atoms with van der Waals surface area (Å²) in [5, 5.41) is 20.9. The minimum Gasteiger partial charge on any atom is -0.470 e. The molecule has 0 heterocycles. The van der Waals surface area contributed by atoms with Crippen LogP contribution in [0, 0.1) is 21.7 Å². The molecule has 0 aliphatic heterocycles. The molecule has 0 saturated carbocycles. The van der Waals surface area contributed by atoms with Crippen molar-refractivity contribution in [1.82, 2.24) is 42.5 Å². The zero-order valence-corrected chi connectivity index (χ0v) is 50.4. The Kier molecular flexibility index (Phi) is 34.2. The molecule has 0 aliphatic rings. The predicted molar refractivity (Wildman–Crippen MR) is 306 cm³/mol. The van der Waals surface area contributed by atoms with E-state index < -0.39 is 84.2 Å². The van der Waals surface area contributed by atoms with E-state index in [1.807, 2.05) is 0 Å². The number of rotatable bonds is 30. The van der Waals surface area contributed by atoms with Crippen LogP contribution in [0.25, 0.3) is 0 Å². The third kappa shape index (κ3) is 27.3. The molecule has 0 aliphatic carbocycles. The second-order valence-electron chi connectivity index (χ2n) is 16.6. The Morgan fingerprint density at radius 1 is 0.307 bits per heavy atom. The van der Waals surface area contributed by atoms with Gasteiger partial charge in [-0.3, -0.25) is 19.2 Å². The van der Waals surface area contributed by atoms with Crippen molar-refractivity contribution in [3.63, 3.8) is 0 Å². The largest absolute Gasteiger partial charge is 0.470 e. The van der Waals surface area contributed by atoms with Crippen LogP contribution in [0.2, 0.25) is 0 Å². The second kappa shape index (κ2) is 36.4. The first-order valence-corrected chi connectivity index (χ1v) is 25.6. The molecule has 2 unspecified atom stereocenters. The summed E-state index contributed by atoms with van der Waals surface area (Å²) in [5.41, 5.74) is -6.36. The summed E-state index contributed by atoms with van der Waals surface area (Å²) in [6.07, 6.45) is -2.87. The van der Waals surface area contributed by atoms with E-state index >= 15 is 0 Å². The van der Waals surface area contributed by atoms with Crippen molar-refractivity contribution >= 4 is 163 Å².